The Balaban J connectivity index is 0. The molecule has 1 N–H and O–H groups in total. The summed E-state index contributed by atoms with van der Waals surface area (Å²) in [5.74, 6) is 1.63. The van der Waals surface area contributed by atoms with Gasteiger partial charge in [-0.25, -0.2) is 0 Å². The highest BCUT2D eigenvalue weighted by Gasteiger charge is 2.03. The normalized spacial score (nSPS) is 9.00. The number of Topliss-reactive ketones (excluding diaryl/α,β-unsaturated/α-hetero) is 1. The second kappa shape index (κ2) is 22.1. The summed E-state index contributed by atoms with van der Waals surface area (Å²) >= 11 is 1.64. The van der Waals surface area contributed by atoms with E-state index in [1.807, 2.05) is 38.8 Å². The first-order valence-corrected chi connectivity index (χ1v) is 11.8. The molecule has 0 spiro atoms. The minimum Gasteiger partial charge on any atom is -0.396 e. The minimum absolute atomic E-state index is 0.213. The summed E-state index contributed by atoms with van der Waals surface area (Å²) < 4.78 is 4.00. The lowest BCUT2D eigenvalue weighted by Gasteiger charge is -2.06. The fourth-order valence-corrected chi connectivity index (χ4v) is 2.89. The van der Waals surface area contributed by atoms with E-state index in [9.17, 15) is 4.79 Å². The molecule has 6 heteroatoms. The molecule has 178 valence electrons. The number of ketones is 1. The molecule has 0 atom stereocenters. The van der Waals surface area contributed by atoms with Crippen molar-refractivity contribution in [2.75, 3.05) is 12.4 Å². The van der Waals surface area contributed by atoms with Gasteiger partial charge in [0.2, 0.25) is 0 Å². The van der Waals surface area contributed by atoms with E-state index in [0.717, 1.165) is 34.4 Å². The quantitative estimate of drug-likeness (QED) is 0.529. The predicted octanol–water partition coefficient (Wildman–Crippen LogP) is 5.91. The van der Waals surface area contributed by atoms with Gasteiger partial charge >= 0.3 is 0 Å². The summed E-state index contributed by atoms with van der Waals surface area (Å²) in [5, 5.41) is 16.8. The molecule has 5 nitrogen and oxygen atoms in total. The number of thioether (sulfide) groups is 1. The second-order valence-electron chi connectivity index (χ2n) is 6.77. The van der Waals surface area contributed by atoms with Gasteiger partial charge in [-0.2, -0.15) is 5.26 Å². The van der Waals surface area contributed by atoms with Crippen molar-refractivity contribution in [2.45, 2.75) is 53.2 Å². The van der Waals surface area contributed by atoms with Gasteiger partial charge in [0.1, 0.15) is 12.6 Å². The molecule has 0 fully saturated rings. The Bertz CT molecular complexity index is 885. The summed E-state index contributed by atoms with van der Waals surface area (Å²) in [6, 6.07) is 16.4. The highest BCUT2D eigenvalue weighted by Crippen LogP contribution is 2.23. The molecular formula is C27H35NO4S. The SMILES string of the molecule is C1#CO1.C=O.CC(=O)CSCc1ccc(-c2ccc(C#N)c(C)c2)cc1.CCC.CCCO. The molecule has 0 bridgehead atoms. The number of aliphatic hydroxyl groups is 1. The molecule has 0 saturated heterocycles. The van der Waals surface area contributed by atoms with Crippen molar-refractivity contribution in [2.24, 2.45) is 0 Å². The van der Waals surface area contributed by atoms with Crippen molar-refractivity contribution in [3.05, 3.63) is 59.2 Å². The highest BCUT2D eigenvalue weighted by molar-refractivity contribution is 7.99. The van der Waals surface area contributed by atoms with Crippen LogP contribution in [0.3, 0.4) is 0 Å². The van der Waals surface area contributed by atoms with E-state index >= 15 is 0 Å². The summed E-state index contributed by atoms with van der Waals surface area (Å²) in [4.78, 5) is 18.9. The van der Waals surface area contributed by atoms with Gasteiger partial charge in [0, 0.05) is 12.4 Å². The molecule has 1 aliphatic rings. The van der Waals surface area contributed by atoms with Crippen LogP contribution >= 0.6 is 11.8 Å². The lowest BCUT2D eigenvalue weighted by atomic mass is 10.00. The van der Waals surface area contributed by atoms with E-state index in [-0.39, 0.29) is 5.78 Å². The summed E-state index contributed by atoms with van der Waals surface area (Å²) in [5.41, 5.74) is 5.19. The van der Waals surface area contributed by atoms with Crippen LogP contribution in [0.15, 0.2) is 42.5 Å². The Kier molecular flexibility index (Phi) is 21.6. The zero-order chi connectivity index (χ0) is 25.5. The third-order valence-electron chi connectivity index (χ3n) is 3.53. The third-order valence-corrected chi connectivity index (χ3v) is 4.68. The predicted molar refractivity (Wildman–Crippen MR) is 137 cm³/mol. The second-order valence-corrected chi connectivity index (χ2v) is 7.76. The van der Waals surface area contributed by atoms with E-state index < -0.39 is 0 Å². The largest absolute Gasteiger partial charge is 0.396 e. The molecule has 33 heavy (non-hydrogen) atoms. The molecule has 0 aliphatic carbocycles. The minimum atomic E-state index is 0.213. The van der Waals surface area contributed by atoms with Gasteiger partial charge in [0.15, 0.2) is 12.2 Å². The van der Waals surface area contributed by atoms with Crippen LogP contribution in [-0.4, -0.2) is 30.0 Å². The molecule has 0 unspecified atom stereocenters. The maximum atomic E-state index is 10.9. The summed E-state index contributed by atoms with van der Waals surface area (Å²) in [7, 11) is 0. The Morgan fingerprint density at radius 2 is 1.58 bits per heavy atom. The first-order valence-electron chi connectivity index (χ1n) is 10.7. The van der Waals surface area contributed by atoms with Crippen LogP contribution in [0.1, 0.15) is 57.2 Å². The van der Waals surface area contributed by atoms with Crippen LogP contribution < -0.4 is 0 Å². The molecular weight excluding hydrogens is 434 g/mol. The molecule has 2 aromatic rings. The number of rotatable bonds is 6. The van der Waals surface area contributed by atoms with Crippen LogP contribution in [-0.2, 0) is 20.1 Å². The number of carbonyl (C=O) groups excluding carboxylic acids is 2. The van der Waals surface area contributed by atoms with E-state index in [1.54, 1.807) is 18.7 Å². The van der Waals surface area contributed by atoms with Crippen LogP contribution in [0, 0.1) is 30.5 Å². The maximum absolute atomic E-state index is 10.9. The van der Waals surface area contributed by atoms with Gasteiger partial charge in [-0.15, -0.1) is 11.8 Å². The topological polar surface area (TPSA) is 90.7 Å². The van der Waals surface area contributed by atoms with Gasteiger partial charge in [-0.05, 0) is 48.6 Å². The Morgan fingerprint density at radius 3 is 1.94 bits per heavy atom. The number of nitriles is 1. The number of carbonyl (C=O) groups is 2. The van der Waals surface area contributed by atoms with Crippen LogP contribution in [0.4, 0.5) is 0 Å². The monoisotopic (exact) mass is 469 g/mol. The van der Waals surface area contributed by atoms with E-state index in [0.29, 0.717) is 12.4 Å². The van der Waals surface area contributed by atoms with Gasteiger partial charge < -0.3 is 14.6 Å². The van der Waals surface area contributed by atoms with Crippen LogP contribution in [0.5, 0.6) is 0 Å². The Labute approximate surface area is 203 Å². The van der Waals surface area contributed by atoms with E-state index in [2.05, 4.69) is 61.1 Å². The van der Waals surface area contributed by atoms with Gasteiger partial charge in [-0.3, -0.25) is 4.79 Å². The van der Waals surface area contributed by atoms with Crippen molar-refractivity contribution in [1.82, 2.24) is 0 Å². The van der Waals surface area contributed by atoms with Crippen molar-refractivity contribution in [1.29, 1.82) is 5.26 Å². The van der Waals surface area contributed by atoms with Crippen molar-refractivity contribution in [3.8, 4) is 29.4 Å². The zero-order valence-corrected chi connectivity index (χ0v) is 21.1. The number of ether oxygens (including phenoxy) is 1. The van der Waals surface area contributed by atoms with Gasteiger partial charge in [0.05, 0.1) is 17.4 Å². The molecule has 1 aliphatic heterocycles. The number of aryl methyl sites for hydroxylation is 1. The molecule has 0 saturated carbocycles. The van der Waals surface area contributed by atoms with Gasteiger partial charge in [0.25, 0.3) is 0 Å². The lowest BCUT2D eigenvalue weighted by Crippen LogP contribution is -1.93. The molecule has 2 aromatic carbocycles. The van der Waals surface area contributed by atoms with E-state index in [1.165, 1.54) is 12.0 Å². The smallest absolute Gasteiger partial charge is 0.175 e. The molecule has 0 radical (unpaired) electrons. The van der Waals surface area contributed by atoms with Crippen molar-refractivity contribution < 1.29 is 19.4 Å². The van der Waals surface area contributed by atoms with E-state index in [4.69, 9.17) is 15.2 Å². The fourth-order valence-electron chi connectivity index (χ4n) is 2.07. The summed E-state index contributed by atoms with van der Waals surface area (Å²) in [6.07, 6.45) is 6.62. The van der Waals surface area contributed by atoms with Crippen LogP contribution in [0.2, 0.25) is 0 Å². The fraction of sp³-hybridized carbons (Fsp3) is 0.370. The molecule has 0 aromatic heterocycles. The number of nitrogens with zero attached hydrogens (tertiary/aromatic N) is 1. The number of hydrogen-bond donors (Lipinski definition) is 1. The number of hydrogen-bond acceptors (Lipinski definition) is 6. The highest BCUT2D eigenvalue weighted by atomic mass is 32.2. The lowest BCUT2D eigenvalue weighted by molar-refractivity contribution is -0.114. The maximum Gasteiger partial charge on any atom is 0.175 e. The zero-order valence-electron chi connectivity index (χ0n) is 20.3. The summed E-state index contributed by atoms with van der Waals surface area (Å²) in [6.45, 7) is 12.1. The average molecular weight is 470 g/mol. The van der Waals surface area contributed by atoms with Crippen LogP contribution in [0.25, 0.3) is 11.1 Å². The molecule has 3 rings (SSSR count). The average Bonchev–Trinajstić information content (AvgIpc) is 3.71. The Hall–Kier alpha value is -3.06. The molecule has 0 amide bonds. The third kappa shape index (κ3) is 18.2. The van der Waals surface area contributed by atoms with Crippen molar-refractivity contribution >= 4 is 24.3 Å². The molecule has 1 heterocycles. The standard InChI is InChI=1S/C18H17NOS.C3H8O.C3H8.C2O.CH2O/c1-13-9-17(7-8-18(13)10-19)16-5-3-15(4-6-16)12-21-11-14(2)20;1-2-3-4;1-3-2;1-2-3-1;1-2/h3-9H,11-12H2,1-2H3;4H,2-3H2,1H3;3H2,1-2H3;;1H2. The number of aliphatic hydroxyl groups excluding tert-OH is 1. The van der Waals surface area contributed by atoms with Gasteiger partial charge in [-0.1, -0.05) is 63.6 Å². The first kappa shape index (κ1) is 32.1. The Morgan fingerprint density at radius 1 is 1.09 bits per heavy atom. The first-order chi connectivity index (χ1) is 15.9. The number of benzene rings is 2. The van der Waals surface area contributed by atoms with Crippen molar-refractivity contribution in [3.63, 3.8) is 0 Å².